The van der Waals surface area contributed by atoms with Crippen molar-refractivity contribution in [1.82, 2.24) is 0 Å². The van der Waals surface area contributed by atoms with Gasteiger partial charge in [0.25, 0.3) is 20.2 Å². The molecule has 2 heterocycles. The molecule has 0 N–H and O–H groups in total. The van der Waals surface area contributed by atoms with Crippen LogP contribution in [-0.4, -0.2) is 78.6 Å². The predicted molar refractivity (Wildman–Crippen MR) is 89.2 cm³/mol. The summed E-state index contributed by atoms with van der Waals surface area (Å²) in [6, 6.07) is 0. The van der Waals surface area contributed by atoms with Crippen LogP contribution in [0.25, 0.3) is 0 Å². The lowest BCUT2D eigenvalue weighted by molar-refractivity contribution is -0.425. The van der Waals surface area contributed by atoms with Gasteiger partial charge in [-0.3, -0.25) is 8.37 Å². The van der Waals surface area contributed by atoms with E-state index in [0.29, 0.717) is 0 Å². The first kappa shape index (κ1) is 22.0. The fourth-order valence-corrected chi connectivity index (χ4v) is 3.68. The van der Waals surface area contributed by atoms with Crippen molar-refractivity contribution >= 4 is 20.2 Å². The summed E-state index contributed by atoms with van der Waals surface area (Å²) in [6.07, 6.45) is -1.17. The van der Waals surface area contributed by atoms with Crippen LogP contribution in [0.4, 0.5) is 0 Å². The molecular formula is C14H26O10S2. The first-order chi connectivity index (χ1) is 11.6. The Morgan fingerprint density at radius 3 is 1.27 bits per heavy atom. The summed E-state index contributed by atoms with van der Waals surface area (Å²) in [5.74, 6) is -2.19. The van der Waals surface area contributed by atoms with Gasteiger partial charge in [0.1, 0.15) is 24.4 Å². The van der Waals surface area contributed by atoms with E-state index in [2.05, 4.69) is 0 Å². The molecule has 0 amide bonds. The third-order valence-corrected chi connectivity index (χ3v) is 4.79. The molecule has 2 saturated heterocycles. The van der Waals surface area contributed by atoms with E-state index in [9.17, 15) is 16.8 Å². The lowest BCUT2D eigenvalue weighted by Crippen LogP contribution is -2.67. The fraction of sp³-hybridized carbons (Fsp3) is 1.00. The van der Waals surface area contributed by atoms with Gasteiger partial charge in [0.2, 0.25) is 0 Å². The molecule has 0 aromatic heterocycles. The number of rotatable bonds is 6. The molecule has 0 bridgehead atoms. The first-order valence-electron chi connectivity index (χ1n) is 7.97. The first-order valence-corrected chi connectivity index (χ1v) is 11.6. The number of fused-ring (bicyclic) bond motifs is 1. The van der Waals surface area contributed by atoms with E-state index in [0.717, 1.165) is 12.5 Å². The third kappa shape index (κ3) is 6.37. The molecule has 0 radical (unpaired) electrons. The Bertz CT molecular complexity index is 650. The van der Waals surface area contributed by atoms with Crippen LogP contribution in [0.15, 0.2) is 0 Å². The minimum atomic E-state index is -3.68. The molecule has 4 atom stereocenters. The smallest absolute Gasteiger partial charge is 0.264 e. The van der Waals surface area contributed by atoms with Crippen LogP contribution in [0.3, 0.4) is 0 Å². The van der Waals surface area contributed by atoms with Crippen LogP contribution in [0.2, 0.25) is 0 Å². The van der Waals surface area contributed by atoms with Gasteiger partial charge in [-0.05, 0) is 27.7 Å². The van der Waals surface area contributed by atoms with Crippen LogP contribution < -0.4 is 0 Å². The van der Waals surface area contributed by atoms with Crippen LogP contribution in [0.1, 0.15) is 27.7 Å². The second-order valence-corrected chi connectivity index (χ2v) is 10.5. The van der Waals surface area contributed by atoms with Gasteiger partial charge in [-0.1, -0.05) is 0 Å². The zero-order valence-electron chi connectivity index (χ0n) is 15.6. The minimum Gasteiger partial charge on any atom is -0.342 e. The van der Waals surface area contributed by atoms with Crippen molar-refractivity contribution in [3.63, 3.8) is 0 Å². The van der Waals surface area contributed by atoms with E-state index in [1.165, 1.54) is 0 Å². The average molecular weight is 418 g/mol. The summed E-state index contributed by atoms with van der Waals surface area (Å²) >= 11 is 0. The van der Waals surface area contributed by atoms with Crippen molar-refractivity contribution < 1.29 is 44.1 Å². The van der Waals surface area contributed by atoms with Crippen molar-refractivity contribution in [3.05, 3.63) is 0 Å². The molecular weight excluding hydrogens is 392 g/mol. The van der Waals surface area contributed by atoms with Gasteiger partial charge in [0.05, 0.1) is 25.7 Å². The largest absolute Gasteiger partial charge is 0.342 e. The van der Waals surface area contributed by atoms with Crippen LogP contribution in [0.5, 0.6) is 0 Å². The van der Waals surface area contributed by atoms with Gasteiger partial charge < -0.3 is 18.9 Å². The Labute approximate surface area is 154 Å². The molecule has 10 nitrogen and oxygen atoms in total. The van der Waals surface area contributed by atoms with E-state index < -0.39 is 56.2 Å². The highest BCUT2D eigenvalue weighted by Gasteiger charge is 2.54. The number of hydrogen-bond acceptors (Lipinski definition) is 10. The van der Waals surface area contributed by atoms with Crippen molar-refractivity contribution in [3.8, 4) is 0 Å². The molecule has 2 fully saturated rings. The maximum atomic E-state index is 11.3. The monoisotopic (exact) mass is 418 g/mol. The van der Waals surface area contributed by atoms with Gasteiger partial charge in [-0.2, -0.15) is 16.8 Å². The maximum absolute atomic E-state index is 11.3. The fourth-order valence-electron chi connectivity index (χ4n) is 2.92. The van der Waals surface area contributed by atoms with Crippen LogP contribution >= 0.6 is 0 Å². The molecule has 154 valence electrons. The van der Waals surface area contributed by atoms with Crippen molar-refractivity contribution in [2.24, 2.45) is 0 Å². The van der Waals surface area contributed by atoms with Crippen molar-refractivity contribution in [1.29, 1.82) is 0 Å². The van der Waals surface area contributed by atoms with Crippen LogP contribution in [0, 0.1) is 0 Å². The lowest BCUT2D eigenvalue weighted by atomic mass is 9.98. The quantitative estimate of drug-likeness (QED) is 0.544. The van der Waals surface area contributed by atoms with Gasteiger partial charge in [-0.25, -0.2) is 0 Å². The van der Waals surface area contributed by atoms with Gasteiger partial charge >= 0.3 is 0 Å². The molecule has 26 heavy (non-hydrogen) atoms. The summed E-state index contributed by atoms with van der Waals surface area (Å²) in [7, 11) is -7.36. The van der Waals surface area contributed by atoms with Gasteiger partial charge in [0, 0.05) is 0 Å². The second kappa shape index (κ2) is 7.24. The van der Waals surface area contributed by atoms with Crippen LogP contribution in [-0.2, 0) is 47.5 Å². The Morgan fingerprint density at radius 1 is 0.692 bits per heavy atom. The maximum Gasteiger partial charge on any atom is 0.264 e. The molecule has 2 rings (SSSR count). The van der Waals surface area contributed by atoms with E-state index in [1.54, 1.807) is 27.7 Å². The normalized spacial score (nSPS) is 34.2. The van der Waals surface area contributed by atoms with Gasteiger partial charge in [0.15, 0.2) is 11.6 Å². The molecule has 0 unspecified atom stereocenters. The van der Waals surface area contributed by atoms with Gasteiger partial charge in [-0.15, -0.1) is 0 Å². The second-order valence-electron chi connectivity index (χ2n) is 7.25. The number of hydrogen-bond donors (Lipinski definition) is 0. The average Bonchev–Trinajstić information content (AvgIpc) is 2.40. The highest BCUT2D eigenvalue weighted by atomic mass is 32.2. The summed E-state index contributed by atoms with van der Waals surface area (Å²) < 4.78 is 78.4. The zero-order chi connectivity index (χ0) is 20.0. The zero-order valence-corrected chi connectivity index (χ0v) is 17.3. The molecule has 0 aromatic rings. The topological polar surface area (TPSA) is 124 Å². The highest BCUT2D eigenvalue weighted by Crippen LogP contribution is 2.38. The Kier molecular flexibility index (Phi) is 6.12. The standard InChI is InChI=1S/C14H26O10S2/c1-13(2)21-9(7-19-25(5,15)16)12-11(23-13)10(8-20-26(6,17)18)22-14(3,4)24-12/h9-12H,7-8H2,1-6H3/t9-,10-,11-,12-/m0/s1. The Balaban J connectivity index is 2.26. The summed E-state index contributed by atoms with van der Waals surface area (Å²) in [6.45, 7) is 6.02. The SMILES string of the molecule is CC1(C)O[C@@H]2[C@@H](OC(C)(C)O[C@H]2COS(C)(=O)=O)[C@H](COS(C)(=O)=O)O1. The lowest BCUT2D eigenvalue weighted by Gasteiger charge is -2.53. The van der Waals surface area contributed by atoms with E-state index in [4.69, 9.17) is 27.3 Å². The van der Waals surface area contributed by atoms with Crippen molar-refractivity contribution in [2.75, 3.05) is 25.7 Å². The summed E-state index contributed by atoms with van der Waals surface area (Å²) in [5, 5.41) is 0. The molecule has 0 spiro atoms. The van der Waals surface area contributed by atoms with E-state index in [-0.39, 0.29) is 13.2 Å². The molecule has 0 aromatic carbocycles. The summed E-state index contributed by atoms with van der Waals surface area (Å²) in [5.41, 5.74) is 0. The van der Waals surface area contributed by atoms with E-state index >= 15 is 0 Å². The van der Waals surface area contributed by atoms with Crippen molar-refractivity contribution in [2.45, 2.75) is 63.7 Å². The Morgan fingerprint density at radius 2 is 1.00 bits per heavy atom. The number of ether oxygens (including phenoxy) is 4. The molecule has 2 aliphatic heterocycles. The highest BCUT2D eigenvalue weighted by molar-refractivity contribution is 7.86. The molecule has 12 heteroatoms. The summed E-state index contributed by atoms with van der Waals surface area (Å²) in [4.78, 5) is 0. The Hall–Kier alpha value is -0.340. The molecule has 2 aliphatic rings. The molecule has 0 saturated carbocycles. The molecule has 0 aliphatic carbocycles. The predicted octanol–water partition coefficient (Wildman–Crippen LogP) is -0.0210. The minimum absolute atomic E-state index is 0.275. The van der Waals surface area contributed by atoms with E-state index in [1.807, 2.05) is 0 Å². The third-order valence-electron chi connectivity index (χ3n) is 3.66.